The normalized spacial score (nSPS) is 13.1. The highest BCUT2D eigenvalue weighted by Crippen LogP contribution is 2.10. The molecule has 0 bridgehead atoms. The molecule has 1 unspecified atom stereocenters. The smallest absolute Gasteiger partial charge is 0.264 e. The van der Waals surface area contributed by atoms with Crippen molar-refractivity contribution in [3.8, 4) is 0 Å². The molecule has 14 heavy (non-hydrogen) atoms. The second kappa shape index (κ2) is 5.70. The van der Waals surface area contributed by atoms with E-state index in [2.05, 4.69) is 0 Å². The van der Waals surface area contributed by atoms with E-state index in [0.29, 0.717) is 6.42 Å². The zero-order chi connectivity index (χ0) is 10.4. The first-order valence-electron chi connectivity index (χ1n) is 4.70. The predicted molar refractivity (Wildman–Crippen MR) is 51.4 cm³/mol. The molecule has 0 aliphatic rings. The van der Waals surface area contributed by atoms with Crippen LogP contribution in [0.1, 0.15) is 18.4 Å². The van der Waals surface area contributed by atoms with Crippen LogP contribution in [-0.2, 0) is 6.42 Å². The molecule has 0 fully saturated rings. The van der Waals surface area contributed by atoms with Crippen molar-refractivity contribution in [3.63, 3.8) is 0 Å². The third-order valence-corrected chi connectivity index (χ3v) is 2.10. The third-order valence-electron chi connectivity index (χ3n) is 2.10. The standard InChI is InChI=1S/C11H14F2O/c12-11(13)10(14)8-4-7-9-5-2-1-3-6-9/h1-3,5-6,10-11,14H,4,7-8H2. The van der Waals surface area contributed by atoms with Gasteiger partial charge in [0.05, 0.1) is 0 Å². The highest BCUT2D eigenvalue weighted by molar-refractivity contribution is 5.14. The zero-order valence-corrected chi connectivity index (χ0v) is 7.87. The monoisotopic (exact) mass is 200 g/mol. The Hall–Kier alpha value is -0.960. The third kappa shape index (κ3) is 3.83. The van der Waals surface area contributed by atoms with Crippen molar-refractivity contribution in [2.75, 3.05) is 0 Å². The molecule has 1 N–H and O–H groups in total. The van der Waals surface area contributed by atoms with Crippen LogP contribution in [0.5, 0.6) is 0 Å². The summed E-state index contributed by atoms with van der Waals surface area (Å²) < 4.78 is 23.8. The highest BCUT2D eigenvalue weighted by Gasteiger charge is 2.15. The van der Waals surface area contributed by atoms with Crippen LogP contribution in [0.15, 0.2) is 30.3 Å². The molecule has 1 nitrogen and oxygen atoms in total. The van der Waals surface area contributed by atoms with Crippen LogP contribution in [0.4, 0.5) is 8.78 Å². The summed E-state index contributed by atoms with van der Waals surface area (Å²) in [6, 6.07) is 9.65. The van der Waals surface area contributed by atoms with E-state index in [9.17, 15) is 8.78 Å². The maximum absolute atomic E-state index is 11.9. The SMILES string of the molecule is OC(CCCc1ccccc1)C(F)F. The molecule has 78 valence electrons. The van der Waals surface area contributed by atoms with Crippen LogP contribution < -0.4 is 0 Å². The van der Waals surface area contributed by atoms with Gasteiger partial charge in [0.15, 0.2) is 0 Å². The van der Waals surface area contributed by atoms with Crippen LogP contribution in [0.2, 0.25) is 0 Å². The fraction of sp³-hybridized carbons (Fsp3) is 0.455. The van der Waals surface area contributed by atoms with E-state index >= 15 is 0 Å². The van der Waals surface area contributed by atoms with Gasteiger partial charge in [0.25, 0.3) is 6.43 Å². The molecular weight excluding hydrogens is 186 g/mol. The Balaban J connectivity index is 2.22. The fourth-order valence-electron chi connectivity index (χ4n) is 1.29. The van der Waals surface area contributed by atoms with Gasteiger partial charge in [-0.1, -0.05) is 30.3 Å². The maximum Gasteiger partial charge on any atom is 0.264 e. The second-order valence-electron chi connectivity index (χ2n) is 3.28. The van der Waals surface area contributed by atoms with Crippen molar-refractivity contribution in [1.82, 2.24) is 0 Å². The molecule has 0 aromatic heterocycles. The summed E-state index contributed by atoms with van der Waals surface area (Å²) in [7, 11) is 0. The van der Waals surface area contributed by atoms with Crippen molar-refractivity contribution in [1.29, 1.82) is 0 Å². The minimum atomic E-state index is -2.62. The Morgan fingerprint density at radius 2 is 1.79 bits per heavy atom. The fourth-order valence-corrected chi connectivity index (χ4v) is 1.29. The summed E-state index contributed by atoms with van der Waals surface area (Å²) in [4.78, 5) is 0. The van der Waals surface area contributed by atoms with E-state index in [1.165, 1.54) is 0 Å². The molecule has 0 saturated heterocycles. The Labute approximate surface area is 82.4 Å². The maximum atomic E-state index is 11.9. The lowest BCUT2D eigenvalue weighted by molar-refractivity contribution is -0.00965. The minimum Gasteiger partial charge on any atom is -0.387 e. The topological polar surface area (TPSA) is 20.2 Å². The molecule has 1 aromatic carbocycles. The average Bonchev–Trinajstić information content (AvgIpc) is 2.19. The van der Waals surface area contributed by atoms with Crippen LogP contribution in [0, 0.1) is 0 Å². The number of rotatable bonds is 5. The molecule has 3 heteroatoms. The molecule has 0 heterocycles. The molecule has 0 spiro atoms. The van der Waals surface area contributed by atoms with E-state index in [1.54, 1.807) is 0 Å². The molecule has 0 aliphatic carbocycles. The Bertz CT molecular complexity index is 249. The van der Waals surface area contributed by atoms with Gasteiger partial charge in [-0.15, -0.1) is 0 Å². The lowest BCUT2D eigenvalue weighted by Gasteiger charge is -2.08. The molecule has 1 aromatic rings. The number of halogens is 2. The first-order chi connectivity index (χ1) is 6.70. The quantitative estimate of drug-likeness (QED) is 0.774. The lowest BCUT2D eigenvalue weighted by Crippen LogP contribution is -2.17. The first kappa shape index (κ1) is 11.1. The number of aliphatic hydroxyl groups is 1. The summed E-state index contributed by atoms with van der Waals surface area (Å²) in [5, 5.41) is 8.85. The molecular formula is C11H14F2O. The highest BCUT2D eigenvalue weighted by atomic mass is 19.3. The van der Waals surface area contributed by atoms with Crippen molar-refractivity contribution >= 4 is 0 Å². The first-order valence-corrected chi connectivity index (χ1v) is 4.70. The molecule has 1 rings (SSSR count). The number of hydrogen-bond acceptors (Lipinski definition) is 1. The Morgan fingerprint density at radius 3 is 2.36 bits per heavy atom. The van der Waals surface area contributed by atoms with Gasteiger partial charge in [0, 0.05) is 0 Å². The summed E-state index contributed by atoms with van der Waals surface area (Å²) in [5.74, 6) is 0. The number of aliphatic hydroxyl groups excluding tert-OH is 1. The van der Waals surface area contributed by atoms with E-state index in [-0.39, 0.29) is 6.42 Å². The van der Waals surface area contributed by atoms with E-state index in [1.807, 2.05) is 30.3 Å². The van der Waals surface area contributed by atoms with E-state index in [0.717, 1.165) is 12.0 Å². The van der Waals surface area contributed by atoms with Gasteiger partial charge in [0.1, 0.15) is 6.10 Å². The molecule has 0 radical (unpaired) electrons. The van der Waals surface area contributed by atoms with E-state index < -0.39 is 12.5 Å². The zero-order valence-electron chi connectivity index (χ0n) is 7.87. The van der Waals surface area contributed by atoms with Crippen molar-refractivity contribution in [3.05, 3.63) is 35.9 Å². The largest absolute Gasteiger partial charge is 0.387 e. The molecule has 0 saturated carbocycles. The van der Waals surface area contributed by atoms with Crippen molar-refractivity contribution < 1.29 is 13.9 Å². The number of hydrogen-bond donors (Lipinski definition) is 1. The van der Waals surface area contributed by atoms with Crippen LogP contribution in [0.3, 0.4) is 0 Å². The van der Waals surface area contributed by atoms with Gasteiger partial charge in [0.2, 0.25) is 0 Å². The van der Waals surface area contributed by atoms with Gasteiger partial charge in [-0.3, -0.25) is 0 Å². The lowest BCUT2D eigenvalue weighted by atomic mass is 10.1. The second-order valence-corrected chi connectivity index (χ2v) is 3.28. The Morgan fingerprint density at radius 1 is 1.14 bits per heavy atom. The van der Waals surface area contributed by atoms with Gasteiger partial charge in [-0.05, 0) is 24.8 Å². The van der Waals surface area contributed by atoms with Crippen molar-refractivity contribution in [2.45, 2.75) is 31.8 Å². The number of alkyl halides is 2. The van der Waals surface area contributed by atoms with Gasteiger partial charge in [-0.25, -0.2) is 8.78 Å². The van der Waals surface area contributed by atoms with Gasteiger partial charge < -0.3 is 5.11 Å². The summed E-state index contributed by atoms with van der Waals surface area (Å²) in [6.07, 6.45) is -2.60. The number of aryl methyl sites for hydroxylation is 1. The minimum absolute atomic E-state index is 0.159. The molecule has 0 aliphatic heterocycles. The molecule has 0 amide bonds. The van der Waals surface area contributed by atoms with Gasteiger partial charge >= 0.3 is 0 Å². The molecule has 1 atom stereocenters. The predicted octanol–water partition coefficient (Wildman–Crippen LogP) is 2.64. The summed E-state index contributed by atoms with van der Waals surface area (Å²) >= 11 is 0. The number of benzene rings is 1. The van der Waals surface area contributed by atoms with Crippen molar-refractivity contribution in [2.24, 2.45) is 0 Å². The average molecular weight is 200 g/mol. The van der Waals surface area contributed by atoms with Crippen LogP contribution in [0.25, 0.3) is 0 Å². The van der Waals surface area contributed by atoms with Gasteiger partial charge in [-0.2, -0.15) is 0 Å². The Kier molecular flexibility index (Phi) is 4.53. The summed E-state index contributed by atoms with van der Waals surface area (Å²) in [6.45, 7) is 0. The van der Waals surface area contributed by atoms with Crippen LogP contribution in [-0.4, -0.2) is 17.6 Å². The van der Waals surface area contributed by atoms with Crippen LogP contribution >= 0.6 is 0 Å². The van der Waals surface area contributed by atoms with E-state index in [4.69, 9.17) is 5.11 Å². The summed E-state index contributed by atoms with van der Waals surface area (Å²) in [5.41, 5.74) is 1.12.